The number of hydrogen-bond donors (Lipinski definition) is 2. The van der Waals surface area contributed by atoms with Crippen molar-refractivity contribution in [2.75, 3.05) is 17.6 Å². The molecule has 3 aromatic rings. The fourth-order valence-corrected chi connectivity index (χ4v) is 7.48. The van der Waals surface area contributed by atoms with Gasteiger partial charge >= 0.3 is 0 Å². The first kappa shape index (κ1) is 22.1. The summed E-state index contributed by atoms with van der Waals surface area (Å²) in [6, 6.07) is 25.4. The molecule has 2 bridgehead atoms. The van der Waals surface area contributed by atoms with Crippen molar-refractivity contribution in [3.63, 3.8) is 0 Å². The number of carbonyl (C=O) groups excluding carboxylic acids is 1. The molecule has 3 aromatic carbocycles. The summed E-state index contributed by atoms with van der Waals surface area (Å²) in [6.45, 7) is 0.633. The molecule has 0 unspecified atom stereocenters. The zero-order valence-corrected chi connectivity index (χ0v) is 20.6. The van der Waals surface area contributed by atoms with Crippen molar-refractivity contribution in [1.29, 1.82) is 0 Å². The van der Waals surface area contributed by atoms with E-state index >= 15 is 0 Å². The number of thioether (sulfide) groups is 1. The van der Waals surface area contributed by atoms with E-state index in [1.54, 1.807) is 11.8 Å². The first-order chi connectivity index (χ1) is 16.7. The minimum atomic E-state index is 0.0180. The van der Waals surface area contributed by atoms with Crippen LogP contribution < -0.4 is 10.6 Å². The Morgan fingerprint density at radius 1 is 1.00 bits per heavy atom. The van der Waals surface area contributed by atoms with Crippen LogP contribution >= 0.6 is 23.4 Å². The molecular weight excluding hydrogens is 460 g/mol. The molecule has 2 aliphatic carbocycles. The van der Waals surface area contributed by atoms with Crippen LogP contribution in [0.3, 0.4) is 0 Å². The largest absolute Gasteiger partial charge is 0.378 e. The van der Waals surface area contributed by atoms with Gasteiger partial charge in [-0.15, -0.1) is 11.8 Å². The Labute approximate surface area is 210 Å². The summed E-state index contributed by atoms with van der Waals surface area (Å²) in [5, 5.41) is 7.72. The van der Waals surface area contributed by atoms with Gasteiger partial charge in [0.2, 0.25) is 0 Å². The lowest BCUT2D eigenvalue weighted by Gasteiger charge is -2.43. The highest BCUT2D eigenvalue weighted by Crippen LogP contribution is 2.63. The molecule has 5 heteroatoms. The average molecular weight is 489 g/mol. The smallest absolute Gasteiger partial charge is 0.251 e. The quantitative estimate of drug-likeness (QED) is 0.285. The van der Waals surface area contributed by atoms with E-state index in [9.17, 15) is 4.79 Å². The first-order valence-corrected chi connectivity index (χ1v) is 13.7. The van der Waals surface area contributed by atoms with Crippen molar-refractivity contribution in [1.82, 2.24) is 5.32 Å². The predicted octanol–water partition coefficient (Wildman–Crippen LogP) is 7.16. The van der Waals surface area contributed by atoms with Gasteiger partial charge < -0.3 is 10.6 Å². The van der Waals surface area contributed by atoms with Gasteiger partial charge in [-0.3, -0.25) is 4.79 Å². The fraction of sp³-hybridized carbons (Fsp3) is 0.345. The van der Waals surface area contributed by atoms with Crippen LogP contribution in [-0.4, -0.2) is 18.2 Å². The van der Waals surface area contributed by atoms with Crippen LogP contribution in [0.15, 0.2) is 77.7 Å². The van der Waals surface area contributed by atoms with Crippen LogP contribution in [0.2, 0.25) is 5.02 Å². The molecule has 2 saturated carbocycles. The number of rotatable bonds is 6. The number of fused-ring (bicyclic) bond motifs is 7. The van der Waals surface area contributed by atoms with E-state index in [1.807, 2.05) is 30.3 Å². The van der Waals surface area contributed by atoms with Gasteiger partial charge in [0, 0.05) is 33.5 Å². The molecule has 34 heavy (non-hydrogen) atoms. The SMILES string of the molecule is O=C(NCCSc1ccc(Cl)cc1)c1ccc2c(c1)[C@@H]1[C@H]3CC[C@@H](C3)[C@@H]1[C@H](c1ccccc1)N2. The monoisotopic (exact) mass is 488 g/mol. The molecule has 1 heterocycles. The lowest BCUT2D eigenvalue weighted by Crippen LogP contribution is -2.35. The second kappa shape index (κ2) is 9.31. The average Bonchev–Trinajstić information content (AvgIpc) is 3.50. The maximum atomic E-state index is 13.0. The lowest BCUT2D eigenvalue weighted by atomic mass is 9.68. The van der Waals surface area contributed by atoms with E-state index in [0.29, 0.717) is 24.4 Å². The molecule has 2 fully saturated rings. The van der Waals surface area contributed by atoms with E-state index < -0.39 is 0 Å². The standard InChI is InChI=1S/C29H29ClN2OS/c30-22-9-11-23(12-10-22)34-15-14-31-29(33)21-8-13-25-24(17-21)26-19-6-7-20(16-19)27(26)28(32-25)18-4-2-1-3-5-18/h1-5,8-13,17,19-20,26-28,32H,6-7,14-16H2,(H,31,33)/t19-,20-,26-,27-,28-/m0/s1. The molecule has 0 aromatic heterocycles. The molecule has 1 aliphatic heterocycles. The second-order valence-electron chi connectivity index (χ2n) is 9.83. The molecule has 0 spiro atoms. The highest BCUT2D eigenvalue weighted by Gasteiger charge is 2.53. The number of halogens is 1. The van der Waals surface area contributed by atoms with Crippen molar-refractivity contribution in [2.24, 2.45) is 17.8 Å². The third-order valence-corrected chi connectivity index (χ3v) is 9.24. The third kappa shape index (κ3) is 4.12. The molecule has 174 valence electrons. The van der Waals surface area contributed by atoms with E-state index in [-0.39, 0.29) is 5.91 Å². The van der Waals surface area contributed by atoms with Crippen LogP contribution in [0, 0.1) is 17.8 Å². The molecule has 5 atom stereocenters. The van der Waals surface area contributed by atoms with E-state index in [4.69, 9.17) is 11.6 Å². The van der Waals surface area contributed by atoms with Crippen molar-refractivity contribution in [2.45, 2.75) is 36.1 Å². The summed E-state index contributed by atoms with van der Waals surface area (Å²) in [7, 11) is 0. The van der Waals surface area contributed by atoms with Crippen LogP contribution in [0.4, 0.5) is 5.69 Å². The minimum absolute atomic E-state index is 0.0180. The van der Waals surface area contributed by atoms with E-state index in [2.05, 4.69) is 53.1 Å². The highest BCUT2D eigenvalue weighted by molar-refractivity contribution is 7.99. The highest BCUT2D eigenvalue weighted by atomic mass is 35.5. The van der Waals surface area contributed by atoms with Gasteiger partial charge in [-0.25, -0.2) is 0 Å². The number of amides is 1. The molecule has 1 amide bonds. The number of anilines is 1. The van der Waals surface area contributed by atoms with E-state index in [0.717, 1.165) is 33.1 Å². The Morgan fingerprint density at radius 3 is 2.62 bits per heavy atom. The van der Waals surface area contributed by atoms with Gasteiger partial charge in [0.1, 0.15) is 0 Å². The van der Waals surface area contributed by atoms with Gasteiger partial charge in [-0.2, -0.15) is 0 Å². The molecule has 0 saturated heterocycles. The molecule has 2 N–H and O–H groups in total. The van der Waals surface area contributed by atoms with Crippen molar-refractivity contribution in [3.05, 3.63) is 94.5 Å². The first-order valence-electron chi connectivity index (χ1n) is 12.3. The summed E-state index contributed by atoms with van der Waals surface area (Å²) in [5.74, 6) is 3.53. The number of hydrogen-bond acceptors (Lipinski definition) is 3. The van der Waals surface area contributed by atoms with E-state index in [1.165, 1.54) is 36.1 Å². The van der Waals surface area contributed by atoms with Gasteiger partial charge in [0.05, 0.1) is 6.04 Å². The molecular formula is C29H29ClN2OS. The van der Waals surface area contributed by atoms with Crippen molar-refractivity contribution >= 4 is 35.0 Å². The summed E-state index contributed by atoms with van der Waals surface area (Å²) >= 11 is 7.68. The second-order valence-corrected chi connectivity index (χ2v) is 11.4. The van der Waals surface area contributed by atoms with Gasteiger partial charge in [0.25, 0.3) is 5.91 Å². The maximum Gasteiger partial charge on any atom is 0.251 e. The summed E-state index contributed by atoms with van der Waals surface area (Å²) in [6.07, 6.45) is 4.00. The number of nitrogens with one attached hydrogen (secondary N) is 2. The van der Waals surface area contributed by atoms with Gasteiger partial charge in [-0.05, 0) is 96.5 Å². The Kier molecular flexibility index (Phi) is 6.04. The normalized spacial score (nSPS) is 26.4. The minimum Gasteiger partial charge on any atom is -0.378 e. The number of benzene rings is 3. The van der Waals surface area contributed by atoms with Crippen molar-refractivity contribution < 1.29 is 4.79 Å². The summed E-state index contributed by atoms with van der Waals surface area (Å²) in [5.41, 5.74) is 4.72. The molecule has 0 radical (unpaired) electrons. The Balaban J connectivity index is 1.17. The molecule has 3 aliphatic rings. The van der Waals surface area contributed by atoms with Crippen LogP contribution in [0.1, 0.15) is 52.7 Å². The summed E-state index contributed by atoms with van der Waals surface area (Å²) < 4.78 is 0. The van der Waals surface area contributed by atoms with Gasteiger partial charge in [0.15, 0.2) is 0 Å². The number of carbonyl (C=O) groups is 1. The topological polar surface area (TPSA) is 41.1 Å². The van der Waals surface area contributed by atoms with Crippen LogP contribution in [0.5, 0.6) is 0 Å². The predicted molar refractivity (Wildman–Crippen MR) is 141 cm³/mol. The van der Waals surface area contributed by atoms with Gasteiger partial charge in [-0.1, -0.05) is 41.9 Å². The Hall–Kier alpha value is -2.43. The zero-order valence-electron chi connectivity index (χ0n) is 19.0. The summed E-state index contributed by atoms with van der Waals surface area (Å²) in [4.78, 5) is 14.1. The third-order valence-electron chi connectivity index (χ3n) is 7.98. The van der Waals surface area contributed by atoms with Crippen LogP contribution in [-0.2, 0) is 0 Å². The van der Waals surface area contributed by atoms with Crippen LogP contribution in [0.25, 0.3) is 0 Å². The molecule has 6 rings (SSSR count). The zero-order chi connectivity index (χ0) is 23.1. The Bertz CT molecular complexity index is 1180. The molecule has 3 nitrogen and oxygen atoms in total. The fourth-order valence-electron chi connectivity index (χ4n) is 6.58. The lowest BCUT2D eigenvalue weighted by molar-refractivity contribution is 0.0956. The maximum absolute atomic E-state index is 13.0. The van der Waals surface area contributed by atoms with Crippen molar-refractivity contribution in [3.8, 4) is 0 Å². The Morgan fingerprint density at radius 2 is 1.79 bits per heavy atom.